The number of rotatable bonds is 3. The van der Waals surface area contributed by atoms with E-state index in [2.05, 4.69) is 55.7 Å². The fourth-order valence-electron chi connectivity index (χ4n) is 4.61. The van der Waals surface area contributed by atoms with Crippen molar-refractivity contribution < 1.29 is 0 Å². The van der Waals surface area contributed by atoms with E-state index < -0.39 is 0 Å². The van der Waals surface area contributed by atoms with Crippen molar-refractivity contribution in [3.05, 3.63) is 96.1 Å². The maximum Gasteiger partial charge on any atom is 0.241 e. The summed E-state index contributed by atoms with van der Waals surface area (Å²) in [6.45, 7) is 0. The molecule has 0 spiro atoms. The summed E-state index contributed by atoms with van der Waals surface area (Å²) in [5.74, 6) is 1.39. The maximum atomic E-state index is 9.32. The average molecular weight is 438 g/mol. The van der Waals surface area contributed by atoms with Crippen LogP contribution in [0.5, 0.6) is 0 Å². The van der Waals surface area contributed by atoms with Crippen molar-refractivity contribution in [3.8, 4) is 29.5 Å². The SMILES string of the molecule is N#CC1=CC=C(n2c(-c3ccc(C#N)cc3)nnc2-n2c3ccccc3c3ccccc32)CC1. The molecule has 160 valence electrons. The van der Waals surface area contributed by atoms with E-state index in [1.807, 2.05) is 48.6 Å². The largest absolute Gasteiger partial charge is 0.278 e. The second-order valence-electron chi connectivity index (χ2n) is 8.18. The van der Waals surface area contributed by atoms with Crippen LogP contribution < -0.4 is 0 Å². The Labute approximate surface area is 195 Å². The van der Waals surface area contributed by atoms with Crippen LogP contribution in [0.15, 0.2) is 90.5 Å². The predicted octanol–water partition coefficient (Wildman–Crippen LogP) is 6.00. The lowest BCUT2D eigenvalue weighted by Crippen LogP contribution is -2.09. The number of para-hydroxylation sites is 2. The van der Waals surface area contributed by atoms with Gasteiger partial charge in [0.2, 0.25) is 5.95 Å². The number of benzene rings is 3. The van der Waals surface area contributed by atoms with Gasteiger partial charge in [0.1, 0.15) is 0 Å². The number of hydrogen-bond donors (Lipinski definition) is 0. The Bertz CT molecular complexity index is 1660. The molecule has 0 atom stereocenters. The van der Waals surface area contributed by atoms with Crippen molar-refractivity contribution >= 4 is 27.5 Å². The molecule has 0 saturated heterocycles. The van der Waals surface area contributed by atoms with Crippen molar-refractivity contribution in [2.75, 3.05) is 0 Å². The van der Waals surface area contributed by atoms with Gasteiger partial charge in [-0.1, -0.05) is 36.4 Å². The Morgan fingerprint density at radius 3 is 1.94 bits per heavy atom. The van der Waals surface area contributed by atoms with E-state index in [1.54, 1.807) is 12.1 Å². The Balaban J connectivity index is 1.66. The first kappa shape index (κ1) is 19.7. The minimum absolute atomic E-state index is 0.593. The maximum absolute atomic E-state index is 9.32. The Kier molecular flexibility index (Phi) is 4.57. The third-order valence-corrected chi connectivity index (χ3v) is 6.26. The van der Waals surface area contributed by atoms with Gasteiger partial charge in [0, 0.05) is 27.6 Å². The first-order valence-corrected chi connectivity index (χ1v) is 11.0. The van der Waals surface area contributed by atoms with Gasteiger partial charge in [-0.25, -0.2) is 0 Å². The molecule has 0 aliphatic heterocycles. The zero-order valence-corrected chi connectivity index (χ0v) is 18.2. The van der Waals surface area contributed by atoms with Crippen LogP contribution in [-0.2, 0) is 0 Å². The van der Waals surface area contributed by atoms with Crippen LogP contribution in [0.1, 0.15) is 18.4 Å². The summed E-state index contributed by atoms with van der Waals surface area (Å²) in [7, 11) is 0. The molecule has 0 unspecified atom stereocenters. The van der Waals surface area contributed by atoms with Gasteiger partial charge in [-0.15, -0.1) is 10.2 Å². The summed E-state index contributed by atoms with van der Waals surface area (Å²) in [4.78, 5) is 0. The van der Waals surface area contributed by atoms with E-state index in [9.17, 15) is 10.5 Å². The van der Waals surface area contributed by atoms with Crippen LogP contribution in [0.2, 0.25) is 0 Å². The number of fused-ring (bicyclic) bond motifs is 3. The minimum Gasteiger partial charge on any atom is -0.278 e. The van der Waals surface area contributed by atoms with Gasteiger partial charge in [-0.3, -0.25) is 9.13 Å². The van der Waals surface area contributed by atoms with Crippen molar-refractivity contribution in [1.29, 1.82) is 10.5 Å². The zero-order chi connectivity index (χ0) is 23.1. The molecule has 6 heteroatoms. The summed E-state index contributed by atoms with van der Waals surface area (Å²) in [6.07, 6.45) is 5.22. The fourth-order valence-corrected chi connectivity index (χ4v) is 4.61. The minimum atomic E-state index is 0.593. The Morgan fingerprint density at radius 2 is 1.35 bits per heavy atom. The highest BCUT2D eigenvalue weighted by Crippen LogP contribution is 2.35. The van der Waals surface area contributed by atoms with Crippen LogP contribution in [0, 0.1) is 22.7 Å². The Morgan fingerprint density at radius 1 is 0.676 bits per heavy atom. The molecule has 0 N–H and O–H groups in total. The van der Waals surface area contributed by atoms with E-state index in [0.717, 1.165) is 38.6 Å². The van der Waals surface area contributed by atoms with Crippen molar-refractivity contribution in [2.45, 2.75) is 12.8 Å². The van der Waals surface area contributed by atoms with Gasteiger partial charge in [-0.05, 0) is 61.4 Å². The van der Waals surface area contributed by atoms with Gasteiger partial charge >= 0.3 is 0 Å². The van der Waals surface area contributed by atoms with Crippen molar-refractivity contribution in [1.82, 2.24) is 19.3 Å². The van der Waals surface area contributed by atoms with Crippen LogP contribution in [0.25, 0.3) is 44.8 Å². The summed E-state index contributed by atoms with van der Waals surface area (Å²) in [5.41, 5.74) is 5.34. The molecule has 1 aliphatic rings. The third kappa shape index (κ3) is 3.02. The lowest BCUT2D eigenvalue weighted by Gasteiger charge is -2.18. The van der Waals surface area contributed by atoms with E-state index in [-0.39, 0.29) is 0 Å². The fraction of sp³-hybridized carbons (Fsp3) is 0.0714. The monoisotopic (exact) mass is 438 g/mol. The molecule has 34 heavy (non-hydrogen) atoms. The normalized spacial score (nSPS) is 13.4. The average Bonchev–Trinajstić information content (AvgIpc) is 3.48. The summed E-state index contributed by atoms with van der Waals surface area (Å²) in [5, 5.41) is 30.1. The quantitative estimate of drug-likeness (QED) is 0.346. The van der Waals surface area contributed by atoms with E-state index in [1.165, 1.54) is 0 Å². The number of hydrogen-bond acceptors (Lipinski definition) is 4. The molecule has 2 heterocycles. The Hall–Kier alpha value is -4.94. The van der Waals surface area contributed by atoms with Gasteiger partial charge in [0.15, 0.2) is 5.82 Å². The summed E-state index contributed by atoms with van der Waals surface area (Å²) < 4.78 is 4.22. The summed E-state index contributed by atoms with van der Waals surface area (Å²) >= 11 is 0. The number of nitrogens with zero attached hydrogens (tertiary/aromatic N) is 6. The molecular formula is C28H18N6. The van der Waals surface area contributed by atoms with E-state index in [4.69, 9.17) is 0 Å². The van der Waals surface area contributed by atoms with Crippen LogP contribution >= 0.6 is 0 Å². The zero-order valence-electron chi connectivity index (χ0n) is 18.2. The number of aromatic nitrogens is 4. The molecule has 1 aliphatic carbocycles. The molecule has 3 aromatic carbocycles. The first-order chi connectivity index (χ1) is 16.8. The molecule has 6 rings (SSSR count). The molecule has 5 aromatic rings. The molecule has 2 aromatic heterocycles. The molecule has 0 amide bonds. The van der Waals surface area contributed by atoms with E-state index >= 15 is 0 Å². The molecule has 0 fully saturated rings. The van der Waals surface area contributed by atoms with Gasteiger partial charge in [0.25, 0.3) is 0 Å². The predicted molar refractivity (Wildman–Crippen MR) is 132 cm³/mol. The van der Waals surface area contributed by atoms with E-state index in [0.29, 0.717) is 30.2 Å². The van der Waals surface area contributed by atoms with Crippen LogP contribution in [0.4, 0.5) is 0 Å². The lowest BCUT2D eigenvalue weighted by atomic mass is 10.0. The molecule has 0 saturated carbocycles. The smallest absolute Gasteiger partial charge is 0.241 e. The topological polar surface area (TPSA) is 83.2 Å². The highest BCUT2D eigenvalue weighted by molar-refractivity contribution is 6.09. The lowest BCUT2D eigenvalue weighted by molar-refractivity contribution is 0.882. The third-order valence-electron chi connectivity index (χ3n) is 6.26. The highest BCUT2D eigenvalue weighted by Gasteiger charge is 2.23. The number of nitriles is 2. The molecule has 6 nitrogen and oxygen atoms in total. The summed E-state index contributed by atoms with van der Waals surface area (Å²) in [6, 6.07) is 28.4. The molecule has 0 bridgehead atoms. The van der Waals surface area contributed by atoms with Gasteiger partial charge < -0.3 is 0 Å². The first-order valence-electron chi connectivity index (χ1n) is 11.0. The number of allylic oxidation sites excluding steroid dienone is 4. The second kappa shape index (κ2) is 7.88. The van der Waals surface area contributed by atoms with Gasteiger partial charge in [0.05, 0.1) is 28.7 Å². The van der Waals surface area contributed by atoms with Crippen LogP contribution in [0.3, 0.4) is 0 Å². The molecular weight excluding hydrogens is 420 g/mol. The second-order valence-corrected chi connectivity index (χ2v) is 8.18. The van der Waals surface area contributed by atoms with Crippen molar-refractivity contribution in [2.24, 2.45) is 0 Å². The van der Waals surface area contributed by atoms with Crippen LogP contribution in [-0.4, -0.2) is 19.3 Å². The van der Waals surface area contributed by atoms with Crippen molar-refractivity contribution in [3.63, 3.8) is 0 Å². The standard InChI is InChI=1S/C28H18N6/c29-17-19-9-13-21(14-10-19)27-31-32-28(33(27)22-15-11-20(18-30)12-16-22)34-25-7-3-1-5-23(25)24-6-2-4-8-26(24)34/h1-11,13-15H,12,16H2. The van der Waals surface area contributed by atoms with Gasteiger partial charge in [-0.2, -0.15) is 10.5 Å². The highest BCUT2D eigenvalue weighted by atomic mass is 15.4. The molecule has 0 radical (unpaired) electrons.